The summed E-state index contributed by atoms with van der Waals surface area (Å²) < 4.78 is 13.4. The molecule has 1 heterocycles. The van der Waals surface area contributed by atoms with Crippen molar-refractivity contribution in [1.29, 1.82) is 0 Å². The smallest absolute Gasteiger partial charge is 0.282 e. The summed E-state index contributed by atoms with van der Waals surface area (Å²) in [5.41, 5.74) is 3.70. The molecule has 0 saturated carbocycles. The molecule has 4 aromatic rings. The summed E-state index contributed by atoms with van der Waals surface area (Å²) in [7, 11) is 0. The predicted molar refractivity (Wildman–Crippen MR) is 151 cm³/mol. The lowest BCUT2D eigenvalue weighted by Gasteiger charge is -2.18. The number of phenols is 1. The van der Waals surface area contributed by atoms with Crippen LogP contribution in [0.5, 0.6) is 17.2 Å². The van der Waals surface area contributed by atoms with Crippen molar-refractivity contribution in [3.8, 4) is 28.6 Å². The molecular formula is C29H30BrN3O4. The standard InChI is InChI=1S/C29H30BrN3O4/c1-6-36-26-12-18(5)22(14-21(26)17(3)4)28-32-24-11-9-8-10-20(24)29(35)33(28)31-16-19-13-27(37-7-2)25(34)15-23(19)30/h8-17,34H,6-7H2,1-5H3. The Morgan fingerprint density at radius 2 is 1.78 bits per heavy atom. The fraction of sp³-hybridized carbons (Fsp3) is 0.276. The van der Waals surface area contributed by atoms with E-state index in [4.69, 9.17) is 14.5 Å². The summed E-state index contributed by atoms with van der Waals surface area (Å²) in [6, 6.07) is 14.5. The number of aromatic nitrogens is 2. The number of aryl methyl sites for hydroxylation is 1. The first-order valence-electron chi connectivity index (χ1n) is 12.2. The maximum absolute atomic E-state index is 13.7. The number of benzene rings is 3. The van der Waals surface area contributed by atoms with Crippen LogP contribution in [0.1, 0.15) is 50.3 Å². The van der Waals surface area contributed by atoms with E-state index in [1.54, 1.807) is 24.4 Å². The second-order valence-corrected chi connectivity index (χ2v) is 9.74. The highest BCUT2D eigenvalue weighted by Crippen LogP contribution is 2.35. The lowest BCUT2D eigenvalue weighted by Crippen LogP contribution is -2.21. The predicted octanol–water partition coefficient (Wildman–Crippen LogP) is 6.64. The molecule has 1 aromatic heterocycles. The van der Waals surface area contributed by atoms with Crippen molar-refractivity contribution in [3.63, 3.8) is 0 Å². The first kappa shape index (κ1) is 26.4. The topological polar surface area (TPSA) is 85.9 Å². The molecule has 0 radical (unpaired) electrons. The summed E-state index contributed by atoms with van der Waals surface area (Å²) in [6.07, 6.45) is 1.56. The largest absolute Gasteiger partial charge is 0.504 e. The van der Waals surface area contributed by atoms with Crippen LogP contribution < -0.4 is 15.0 Å². The van der Waals surface area contributed by atoms with Crippen molar-refractivity contribution in [3.05, 3.63) is 80.0 Å². The van der Waals surface area contributed by atoms with Crippen molar-refractivity contribution in [1.82, 2.24) is 9.66 Å². The van der Waals surface area contributed by atoms with Crippen LogP contribution in [0.4, 0.5) is 0 Å². The fourth-order valence-corrected chi connectivity index (χ4v) is 4.56. The zero-order chi connectivity index (χ0) is 26.7. The van der Waals surface area contributed by atoms with Crippen LogP contribution in [0, 0.1) is 6.92 Å². The van der Waals surface area contributed by atoms with Gasteiger partial charge in [-0.1, -0.05) is 26.0 Å². The number of hydrogen-bond donors (Lipinski definition) is 1. The van der Waals surface area contributed by atoms with Crippen LogP contribution in [0.25, 0.3) is 22.3 Å². The van der Waals surface area contributed by atoms with Crippen molar-refractivity contribution < 1.29 is 14.6 Å². The Labute approximate surface area is 224 Å². The lowest BCUT2D eigenvalue weighted by atomic mass is 9.96. The molecular weight excluding hydrogens is 534 g/mol. The van der Waals surface area contributed by atoms with Gasteiger partial charge in [-0.3, -0.25) is 4.79 Å². The van der Waals surface area contributed by atoms with Crippen molar-refractivity contribution in [2.45, 2.75) is 40.5 Å². The van der Waals surface area contributed by atoms with E-state index in [0.717, 1.165) is 22.4 Å². The molecule has 0 aliphatic heterocycles. The van der Waals surface area contributed by atoms with E-state index in [2.05, 4.69) is 34.9 Å². The number of nitrogens with zero attached hydrogens (tertiary/aromatic N) is 3. The highest BCUT2D eigenvalue weighted by atomic mass is 79.9. The first-order valence-corrected chi connectivity index (χ1v) is 13.0. The highest BCUT2D eigenvalue weighted by molar-refractivity contribution is 9.10. The Balaban J connectivity index is 1.96. The van der Waals surface area contributed by atoms with Crippen LogP contribution in [-0.2, 0) is 0 Å². The normalized spacial score (nSPS) is 11.5. The van der Waals surface area contributed by atoms with Crippen LogP contribution in [0.3, 0.4) is 0 Å². The van der Waals surface area contributed by atoms with Gasteiger partial charge in [-0.05, 0) is 90.1 Å². The molecule has 0 unspecified atom stereocenters. The Morgan fingerprint density at radius 3 is 2.49 bits per heavy atom. The molecule has 37 heavy (non-hydrogen) atoms. The summed E-state index contributed by atoms with van der Waals surface area (Å²) in [5, 5.41) is 15.2. The summed E-state index contributed by atoms with van der Waals surface area (Å²) in [6.45, 7) is 11.0. The second kappa shape index (κ2) is 11.2. The van der Waals surface area contributed by atoms with Gasteiger partial charge in [0.1, 0.15) is 5.75 Å². The lowest BCUT2D eigenvalue weighted by molar-refractivity contribution is 0.318. The fourth-order valence-electron chi connectivity index (χ4n) is 4.12. The van der Waals surface area contributed by atoms with Gasteiger partial charge in [0.15, 0.2) is 17.3 Å². The number of phenolic OH excluding ortho intramolecular Hbond substituents is 1. The molecule has 0 spiro atoms. The minimum absolute atomic E-state index is 0.0160. The summed E-state index contributed by atoms with van der Waals surface area (Å²) >= 11 is 3.46. The third-order valence-electron chi connectivity index (χ3n) is 5.96. The number of hydrogen-bond acceptors (Lipinski definition) is 6. The quantitative estimate of drug-likeness (QED) is 0.243. The number of para-hydroxylation sites is 1. The van der Waals surface area contributed by atoms with Gasteiger partial charge < -0.3 is 14.6 Å². The van der Waals surface area contributed by atoms with Crippen molar-refractivity contribution in [2.24, 2.45) is 5.10 Å². The van der Waals surface area contributed by atoms with Crippen molar-refractivity contribution in [2.75, 3.05) is 13.2 Å². The Morgan fingerprint density at radius 1 is 1.08 bits per heavy atom. The molecule has 0 saturated heterocycles. The van der Waals surface area contributed by atoms with Gasteiger partial charge in [-0.15, -0.1) is 0 Å². The van der Waals surface area contributed by atoms with E-state index in [9.17, 15) is 9.90 Å². The maximum atomic E-state index is 13.7. The third-order valence-corrected chi connectivity index (χ3v) is 6.65. The SMILES string of the molecule is CCOc1cc(C=Nn2c(-c3cc(C(C)C)c(OCC)cc3C)nc3ccccc3c2=O)c(Br)cc1O. The zero-order valence-electron chi connectivity index (χ0n) is 21.6. The number of fused-ring (bicyclic) bond motifs is 1. The molecule has 0 atom stereocenters. The third kappa shape index (κ3) is 5.39. The van der Waals surface area contributed by atoms with Crippen LogP contribution in [0.15, 0.2) is 62.9 Å². The van der Waals surface area contributed by atoms with Crippen molar-refractivity contribution >= 4 is 33.0 Å². The van der Waals surface area contributed by atoms with Crippen LogP contribution >= 0.6 is 15.9 Å². The average Bonchev–Trinajstić information content (AvgIpc) is 2.86. The minimum Gasteiger partial charge on any atom is -0.504 e. The van der Waals surface area contributed by atoms with E-state index in [1.807, 2.05) is 51.1 Å². The van der Waals surface area contributed by atoms with Gasteiger partial charge in [0.05, 0.1) is 30.3 Å². The molecule has 8 heteroatoms. The van der Waals surface area contributed by atoms with E-state index in [0.29, 0.717) is 45.7 Å². The van der Waals surface area contributed by atoms with Gasteiger partial charge in [0.2, 0.25) is 0 Å². The molecule has 1 N–H and O–H groups in total. The van der Waals surface area contributed by atoms with Gasteiger partial charge >= 0.3 is 0 Å². The highest BCUT2D eigenvalue weighted by Gasteiger charge is 2.19. The maximum Gasteiger partial charge on any atom is 0.282 e. The molecule has 3 aromatic carbocycles. The number of aromatic hydroxyl groups is 1. The Kier molecular flexibility index (Phi) is 7.97. The molecule has 0 bridgehead atoms. The summed E-state index contributed by atoms with van der Waals surface area (Å²) in [5.74, 6) is 1.81. The molecule has 0 fully saturated rings. The molecule has 192 valence electrons. The monoisotopic (exact) mass is 563 g/mol. The first-order chi connectivity index (χ1) is 17.7. The molecule has 7 nitrogen and oxygen atoms in total. The van der Waals surface area contributed by atoms with Gasteiger partial charge in [0.25, 0.3) is 5.56 Å². The van der Waals surface area contributed by atoms with Gasteiger partial charge in [-0.2, -0.15) is 9.78 Å². The Hall–Kier alpha value is -3.65. The minimum atomic E-state index is -0.281. The number of halogens is 1. The van der Waals surface area contributed by atoms with E-state index in [1.165, 1.54) is 4.68 Å². The zero-order valence-corrected chi connectivity index (χ0v) is 23.2. The number of rotatable bonds is 8. The molecule has 0 aliphatic rings. The van der Waals surface area contributed by atoms with E-state index < -0.39 is 0 Å². The van der Waals surface area contributed by atoms with Crippen LogP contribution in [-0.4, -0.2) is 34.2 Å². The van der Waals surface area contributed by atoms with Gasteiger partial charge in [-0.25, -0.2) is 4.98 Å². The van der Waals surface area contributed by atoms with Crippen LogP contribution in [0.2, 0.25) is 0 Å². The van der Waals surface area contributed by atoms with E-state index >= 15 is 0 Å². The van der Waals surface area contributed by atoms with E-state index in [-0.39, 0.29) is 17.2 Å². The second-order valence-electron chi connectivity index (χ2n) is 8.88. The molecule has 0 amide bonds. The Bertz CT molecular complexity index is 1540. The summed E-state index contributed by atoms with van der Waals surface area (Å²) in [4.78, 5) is 18.5. The average molecular weight is 564 g/mol. The van der Waals surface area contributed by atoms with Gasteiger partial charge in [0, 0.05) is 15.6 Å². The molecule has 0 aliphatic carbocycles. The molecule has 4 rings (SSSR count). The number of ether oxygens (including phenoxy) is 2.